The highest BCUT2D eigenvalue weighted by Crippen LogP contribution is 2.42. The molecule has 4 rings (SSSR count). The second-order valence-electron chi connectivity index (χ2n) is 8.86. The van der Waals surface area contributed by atoms with Gasteiger partial charge in [-0.15, -0.1) is 0 Å². The molecule has 5 nitrogen and oxygen atoms in total. The molecule has 0 aromatic rings. The van der Waals surface area contributed by atoms with Crippen molar-refractivity contribution in [3.05, 3.63) is 0 Å². The Bertz CT molecular complexity index is 476. The van der Waals surface area contributed by atoms with Gasteiger partial charge < -0.3 is 19.7 Å². The molecule has 142 valence electrons. The van der Waals surface area contributed by atoms with E-state index in [1.54, 1.807) is 0 Å². The zero-order valence-corrected chi connectivity index (χ0v) is 15.7. The van der Waals surface area contributed by atoms with E-state index in [0.717, 1.165) is 63.9 Å². The number of hydrogen-bond donors (Lipinski definition) is 1. The summed E-state index contributed by atoms with van der Waals surface area (Å²) in [4.78, 5) is 15.0. The predicted molar refractivity (Wildman–Crippen MR) is 96.3 cm³/mol. The van der Waals surface area contributed by atoms with Crippen LogP contribution in [0.5, 0.6) is 0 Å². The summed E-state index contributed by atoms with van der Waals surface area (Å²) in [5.41, 5.74) is -0.0617. The number of amides is 1. The number of hydrogen-bond acceptors (Lipinski definition) is 4. The maximum Gasteiger partial charge on any atom is 0.249 e. The Balaban J connectivity index is 1.26. The zero-order valence-electron chi connectivity index (χ0n) is 15.7. The first kappa shape index (κ1) is 17.7. The monoisotopic (exact) mass is 350 g/mol. The number of piperidine rings is 1. The number of rotatable bonds is 5. The molecule has 25 heavy (non-hydrogen) atoms. The Kier molecular flexibility index (Phi) is 5.35. The molecule has 3 heterocycles. The normalized spacial score (nSPS) is 37.5. The van der Waals surface area contributed by atoms with E-state index in [2.05, 4.69) is 17.1 Å². The summed E-state index contributed by atoms with van der Waals surface area (Å²) in [6.07, 6.45) is 7.74. The first-order valence-corrected chi connectivity index (χ1v) is 10.4. The Labute approximate surface area is 151 Å². The third-order valence-electron chi connectivity index (χ3n) is 6.90. The summed E-state index contributed by atoms with van der Waals surface area (Å²) in [5.74, 6) is 2.15. The minimum atomic E-state index is -0.219. The highest BCUT2D eigenvalue weighted by molar-refractivity contribution is 5.81. The van der Waals surface area contributed by atoms with Crippen LogP contribution < -0.4 is 5.32 Å². The largest absolute Gasteiger partial charge is 0.381 e. The Morgan fingerprint density at radius 2 is 1.92 bits per heavy atom. The molecule has 3 atom stereocenters. The molecular weight excluding hydrogens is 316 g/mol. The van der Waals surface area contributed by atoms with Crippen LogP contribution in [0.1, 0.15) is 51.9 Å². The molecule has 3 saturated heterocycles. The van der Waals surface area contributed by atoms with Crippen molar-refractivity contribution < 1.29 is 14.3 Å². The molecule has 0 bridgehead atoms. The van der Waals surface area contributed by atoms with E-state index < -0.39 is 0 Å². The standard InChI is InChI=1S/C20H34N2O3/c1-15-13-22(14-17-5-10-24-11-6-17)9-8-20(15)7-4-18(25-20)19(23)21-12-16-2-3-16/h15-18H,2-14H2,1H3,(H,21,23)/t15-,18+,20+/m0/s1. The lowest BCUT2D eigenvalue weighted by molar-refractivity contribution is -0.148. The average Bonchev–Trinajstić information content (AvgIpc) is 3.35. The minimum Gasteiger partial charge on any atom is -0.381 e. The number of carbonyl (C=O) groups is 1. The van der Waals surface area contributed by atoms with E-state index in [1.165, 1.54) is 32.2 Å². The maximum absolute atomic E-state index is 12.4. The van der Waals surface area contributed by atoms with Crippen LogP contribution >= 0.6 is 0 Å². The molecule has 1 aliphatic carbocycles. The molecule has 4 fully saturated rings. The molecule has 0 aromatic carbocycles. The van der Waals surface area contributed by atoms with Gasteiger partial charge in [0.2, 0.25) is 5.91 Å². The number of nitrogens with one attached hydrogen (secondary N) is 1. The molecule has 4 aliphatic rings. The Morgan fingerprint density at radius 3 is 2.64 bits per heavy atom. The van der Waals surface area contributed by atoms with Gasteiger partial charge in [-0.05, 0) is 62.7 Å². The quantitative estimate of drug-likeness (QED) is 0.826. The summed E-state index contributed by atoms with van der Waals surface area (Å²) in [7, 11) is 0. The highest BCUT2D eigenvalue weighted by atomic mass is 16.5. The van der Waals surface area contributed by atoms with Crippen LogP contribution in [0.2, 0.25) is 0 Å². The second-order valence-corrected chi connectivity index (χ2v) is 8.86. The Hall–Kier alpha value is -0.650. The van der Waals surface area contributed by atoms with Gasteiger partial charge in [-0.1, -0.05) is 6.92 Å². The smallest absolute Gasteiger partial charge is 0.249 e. The van der Waals surface area contributed by atoms with Crippen molar-refractivity contribution in [3.63, 3.8) is 0 Å². The van der Waals surface area contributed by atoms with Gasteiger partial charge in [0.25, 0.3) is 0 Å². The van der Waals surface area contributed by atoms with Crippen molar-refractivity contribution in [2.24, 2.45) is 17.8 Å². The fraction of sp³-hybridized carbons (Fsp3) is 0.950. The van der Waals surface area contributed by atoms with Crippen molar-refractivity contribution >= 4 is 5.91 Å². The van der Waals surface area contributed by atoms with Gasteiger partial charge in [0.15, 0.2) is 0 Å². The van der Waals surface area contributed by atoms with E-state index in [0.29, 0.717) is 5.92 Å². The lowest BCUT2D eigenvalue weighted by Crippen LogP contribution is -2.52. The molecule has 0 unspecified atom stereocenters. The maximum atomic E-state index is 12.4. The third-order valence-corrected chi connectivity index (χ3v) is 6.90. The first-order chi connectivity index (χ1) is 12.1. The number of ether oxygens (including phenoxy) is 2. The summed E-state index contributed by atoms with van der Waals surface area (Å²) >= 11 is 0. The van der Waals surface area contributed by atoms with Gasteiger partial charge in [-0.25, -0.2) is 0 Å². The fourth-order valence-corrected chi connectivity index (χ4v) is 4.89. The molecule has 1 spiro atoms. The van der Waals surface area contributed by atoms with Crippen molar-refractivity contribution in [1.29, 1.82) is 0 Å². The first-order valence-electron chi connectivity index (χ1n) is 10.4. The molecule has 0 aromatic heterocycles. The van der Waals surface area contributed by atoms with E-state index in [-0.39, 0.29) is 17.6 Å². The molecule has 0 radical (unpaired) electrons. The van der Waals surface area contributed by atoms with Crippen molar-refractivity contribution in [2.75, 3.05) is 39.4 Å². The third kappa shape index (κ3) is 4.20. The lowest BCUT2D eigenvalue weighted by Gasteiger charge is -2.45. The van der Waals surface area contributed by atoms with E-state index >= 15 is 0 Å². The van der Waals surface area contributed by atoms with E-state index in [9.17, 15) is 4.79 Å². The van der Waals surface area contributed by atoms with Gasteiger partial charge >= 0.3 is 0 Å². The molecule has 1 amide bonds. The van der Waals surface area contributed by atoms with Gasteiger partial charge in [0, 0.05) is 39.4 Å². The number of nitrogens with zero attached hydrogens (tertiary/aromatic N) is 1. The van der Waals surface area contributed by atoms with Crippen LogP contribution in [0.15, 0.2) is 0 Å². The van der Waals surface area contributed by atoms with Crippen LogP contribution in [0.25, 0.3) is 0 Å². The van der Waals surface area contributed by atoms with Gasteiger partial charge in [0.1, 0.15) is 6.10 Å². The lowest BCUT2D eigenvalue weighted by atomic mass is 9.79. The van der Waals surface area contributed by atoms with Crippen molar-refractivity contribution in [2.45, 2.75) is 63.6 Å². The van der Waals surface area contributed by atoms with Crippen LogP contribution in [-0.2, 0) is 14.3 Å². The summed E-state index contributed by atoms with van der Waals surface area (Å²) in [5, 5.41) is 3.10. The van der Waals surface area contributed by atoms with Gasteiger partial charge in [0.05, 0.1) is 5.60 Å². The number of likely N-dealkylation sites (tertiary alicyclic amines) is 1. The van der Waals surface area contributed by atoms with E-state index in [4.69, 9.17) is 9.47 Å². The Morgan fingerprint density at radius 1 is 1.12 bits per heavy atom. The summed E-state index contributed by atoms with van der Waals surface area (Å²) in [6.45, 7) is 8.44. The summed E-state index contributed by atoms with van der Waals surface area (Å²) in [6, 6.07) is 0. The molecule has 1 N–H and O–H groups in total. The summed E-state index contributed by atoms with van der Waals surface area (Å²) < 4.78 is 11.9. The SMILES string of the molecule is C[C@H]1CN(CC2CCOCC2)CC[C@]12CC[C@H](C(=O)NCC1CC1)O2. The second kappa shape index (κ2) is 7.53. The molecule has 5 heteroatoms. The van der Waals surface area contributed by atoms with Crippen LogP contribution in [0, 0.1) is 17.8 Å². The highest BCUT2D eigenvalue weighted by Gasteiger charge is 2.49. The predicted octanol–water partition coefficient (Wildman–Crippen LogP) is 2.20. The van der Waals surface area contributed by atoms with Gasteiger partial charge in [-0.2, -0.15) is 0 Å². The van der Waals surface area contributed by atoms with Crippen molar-refractivity contribution in [3.8, 4) is 0 Å². The molecular formula is C20H34N2O3. The van der Waals surface area contributed by atoms with Gasteiger partial charge in [-0.3, -0.25) is 4.79 Å². The average molecular weight is 351 g/mol. The van der Waals surface area contributed by atoms with Crippen LogP contribution in [0.4, 0.5) is 0 Å². The fourth-order valence-electron chi connectivity index (χ4n) is 4.89. The number of carbonyl (C=O) groups excluding carboxylic acids is 1. The van der Waals surface area contributed by atoms with Crippen LogP contribution in [0.3, 0.4) is 0 Å². The zero-order chi connectivity index (χ0) is 17.3. The van der Waals surface area contributed by atoms with E-state index in [1.807, 2.05) is 0 Å². The van der Waals surface area contributed by atoms with Crippen molar-refractivity contribution in [1.82, 2.24) is 10.2 Å². The molecule has 1 saturated carbocycles. The topological polar surface area (TPSA) is 50.8 Å². The van der Waals surface area contributed by atoms with Crippen LogP contribution in [-0.4, -0.2) is 61.9 Å². The minimum absolute atomic E-state index is 0.0617. The molecule has 3 aliphatic heterocycles.